The molecule has 0 bridgehead atoms. The van der Waals surface area contributed by atoms with Crippen molar-refractivity contribution < 1.29 is 9.53 Å². The van der Waals surface area contributed by atoms with Gasteiger partial charge in [-0.3, -0.25) is 4.79 Å². The average Bonchev–Trinajstić information content (AvgIpc) is 2.18. The van der Waals surface area contributed by atoms with E-state index in [0.717, 1.165) is 16.9 Å². The Balaban J connectivity index is 2.65. The molecule has 0 saturated heterocycles. The van der Waals surface area contributed by atoms with Crippen LogP contribution in [0.5, 0.6) is 5.75 Å². The van der Waals surface area contributed by atoms with Gasteiger partial charge in [-0.25, -0.2) is 0 Å². The number of rotatable bonds is 3. The van der Waals surface area contributed by atoms with Gasteiger partial charge in [-0.15, -0.1) is 0 Å². The predicted octanol–water partition coefficient (Wildman–Crippen LogP) is 1.77. The van der Waals surface area contributed by atoms with E-state index in [4.69, 9.17) is 4.74 Å². The lowest BCUT2D eigenvalue weighted by molar-refractivity contribution is -0.130. The van der Waals surface area contributed by atoms with Crippen LogP contribution in [0.2, 0.25) is 0 Å². The molecule has 0 unspecified atom stereocenters. The zero-order valence-corrected chi connectivity index (χ0v) is 9.70. The molecular weight excluding hydrogens is 190 g/mol. The van der Waals surface area contributed by atoms with Crippen molar-refractivity contribution in [2.24, 2.45) is 0 Å². The molecule has 3 heteroatoms. The smallest absolute Gasteiger partial charge is 0.259 e. The van der Waals surface area contributed by atoms with Crippen LogP contribution in [0.1, 0.15) is 11.1 Å². The van der Waals surface area contributed by atoms with Crippen LogP contribution in [-0.4, -0.2) is 31.5 Å². The van der Waals surface area contributed by atoms with Crippen LogP contribution in [-0.2, 0) is 4.79 Å². The van der Waals surface area contributed by atoms with Crippen LogP contribution in [0.3, 0.4) is 0 Å². The normalized spacial score (nSPS) is 9.87. The Labute approximate surface area is 90.7 Å². The highest BCUT2D eigenvalue weighted by atomic mass is 16.5. The van der Waals surface area contributed by atoms with Gasteiger partial charge in [-0.05, 0) is 31.0 Å². The summed E-state index contributed by atoms with van der Waals surface area (Å²) in [6.07, 6.45) is 0. The second kappa shape index (κ2) is 4.82. The molecule has 0 spiro atoms. The summed E-state index contributed by atoms with van der Waals surface area (Å²) in [4.78, 5) is 12.8. The molecule has 0 saturated carbocycles. The molecule has 0 radical (unpaired) electrons. The monoisotopic (exact) mass is 207 g/mol. The van der Waals surface area contributed by atoms with Gasteiger partial charge < -0.3 is 9.64 Å². The second-order valence-electron chi connectivity index (χ2n) is 3.85. The fourth-order valence-electron chi connectivity index (χ4n) is 1.13. The topological polar surface area (TPSA) is 29.5 Å². The van der Waals surface area contributed by atoms with E-state index >= 15 is 0 Å². The summed E-state index contributed by atoms with van der Waals surface area (Å²) in [6, 6.07) is 5.96. The molecule has 15 heavy (non-hydrogen) atoms. The fraction of sp³-hybridized carbons (Fsp3) is 0.417. The molecule has 0 aliphatic rings. The van der Waals surface area contributed by atoms with Crippen molar-refractivity contribution in [2.45, 2.75) is 13.8 Å². The Morgan fingerprint density at radius 1 is 1.33 bits per heavy atom. The first-order valence-corrected chi connectivity index (χ1v) is 4.91. The second-order valence-corrected chi connectivity index (χ2v) is 3.85. The third-order valence-corrected chi connectivity index (χ3v) is 2.19. The van der Waals surface area contributed by atoms with E-state index in [1.807, 2.05) is 32.0 Å². The summed E-state index contributed by atoms with van der Waals surface area (Å²) in [5.41, 5.74) is 2.18. The number of aryl methyl sites for hydroxylation is 2. The van der Waals surface area contributed by atoms with Crippen molar-refractivity contribution >= 4 is 5.91 Å². The van der Waals surface area contributed by atoms with Crippen molar-refractivity contribution in [2.75, 3.05) is 20.7 Å². The van der Waals surface area contributed by atoms with Crippen molar-refractivity contribution in [1.29, 1.82) is 0 Å². The molecule has 1 amide bonds. The highest BCUT2D eigenvalue weighted by Crippen LogP contribution is 2.18. The molecule has 82 valence electrons. The van der Waals surface area contributed by atoms with Crippen LogP contribution < -0.4 is 4.74 Å². The van der Waals surface area contributed by atoms with Crippen LogP contribution in [0.25, 0.3) is 0 Å². The lowest BCUT2D eigenvalue weighted by Gasteiger charge is -2.13. The highest BCUT2D eigenvalue weighted by molar-refractivity contribution is 5.77. The van der Waals surface area contributed by atoms with E-state index in [1.54, 1.807) is 14.1 Å². The number of carbonyl (C=O) groups excluding carboxylic acids is 1. The number of benzene rings is 1. The summed E-state index contributed by atoms with van der Waals surface area (Å²) >= 11 is 0. The van der Waals surface area contributed by atoms with Gasteiger partial charge in [0, 0.05) is 14.1 Å². The van der Waals surface area contributed by atoms with Gasteiger partial charge in [0.2, 0.25) is 0 Å². The Morgan fingerprint density at radius 2 is 2.00 bits per heavy atom. The predicted molar refractivity (Wildman–Crippen MR) is 60.1 cm³/mol. The van der Waals surface area contributed by atoms with E-state index in [-0.39, 0.29) is 12.5 Å². The fourth-order valence-corrected chi connectivity index (χ4v) is 1.13. The first-order chi connectivity index (χ1) is 7.00. The summed E-state index contributed by atoms with van der Waals surface area (Å²) in [6.45, 7) is 4.06. The molecule has 1 aromatic carbocycles. The van der Waals surface area contributed by atoms with Gasteiger partial charge in [0.15, 0.2) is 6.61 Å². The summed E-state index contributed by atoms with van der Waals surface area (Å²) in [5, 5.41) is 0. The molecular formula is C12H17NO2. The maximum absolute atomic E-state index is 11.3. The third-order valence-electron chi connectivity index (χ3n) is 2.19. The maximum Gasteiger partial charge on any atom is 0.259 e. The van der Waals surface area contributed by atoms with Crippen LogP contribution >= 0.6 is 0 Å². The van der Waals surface area contributed by atoms with Crippen molar-refractivity contribution in [3.8, 4) is 5.75 Å². The minimum absolute atomic E-state index is 0.0316. The Morgan fingerprint density at radius 3 is 2.60 bits per heavy atom. The van der Waals surface area contributed by atoms with Crippen molar-refractivity contribution in [1.82, 2.24) is 4.90 Å². The summed E-state index contributed by atoms with van der Waals surface area (Å²) in [5.74, 6) is 0.751. The highest BCUT2D eigenvalue weighted by Gasteiger charge is 2.06. The van der Waals surface area contributed by atoms with Gasteiger partial charge >= 0.3 is 0 Å². The number of carbonyl (C=O) groups is 1. The zero-order chi connectivity index (χ0) is 11.4. The van der Waals surface area contributed by atoms with Crippen molar-refractivity contribution in [3.05, 3.63) is 29.3 Å². The van der Waals surface area contributed by atoms with Gasteiger partial charge in [0.25, 0.3) is 5.91 Å². The minimum atomic E-state index is -0.0316. The quantitative estimate of drug-likeness (QED) is 0.756. The molecule has 0 aliphatic carbocycles. The van der Waals surface area contributed by atoms with Gasteiger partial charge in [-0.1, -0.05) is 12.1 Å². The number of amides is 1. The molecule has 0 aromatic heterocycles. The molecule has 0 fully saturated rings. The molecule has 1 aromatic rings. The first-order valence-electron chi connectivity index (χ1n) is 4.91. The van der Waals surface area contributed by atoms with Crippen LogP contribution in [0, 0.1) is 13.8 Å². The number of nitrogens with zero attached hydrogens (tertiary/aromatic N) is 1. The standard InChI is InChI=1S/C12H17NO2/c1-9-5-6-10(2)11(7-9)15-8-12(14)13(3)4/h5-7H,8H2,1-4H3. The zero-order valence-electron chi connectivity index (χ0n) is 9.70. The lowest BCUT2D eigenvalue weighted by atomic mass is 10.1. The molecule has 3 nitrogen and oxygen atoms in total. The molecule has 0 atom stereocenters. The molecule has 0 N–H and O–H groups in total. The van der Waals surface area contributed by atoms with Crippen LogP contribution in [0.4, 0.5) is 0 Å². The van der Waals surface area contributed by atoms with E-state index < -0.39 is 0 Å². The van der Waals surface area contributed by atoms with Crippen LogP contribution in [0.15, 0.2) is 18.2 Å². The SMILES string of the molecule is Cc1ccc(C)c(OCC(=O)N(C)C)c1. The number of likely N-dealkylation sites (N-methyl/N-ethyl adjacent to an activating group) is 1. The Bertz CT molecular complexity index is 359. The summed E-state index contributed by atoms with van der Waals surface area (Å²) < 4.78 is 5.45. The third kappa shape index (κ3) is 3.27. The lowest BCUT2D eigenvalue weighted by Crippen LogP contribution is -2.27. The van der Waals surface area contributed by atoms with Crippen molar-refractivity contribution in [3.63, 3.8) is 0 Å². The van der Waals surface area contributed by atoms with E-state index in [2.05, 4.69) is 0 Å². The number of ether oxygens (including phenoxy) is 1. The number of hydrogen-bond donors (Lipinski definition) is 0. The summed E-state index contributed by atoms with van der Waals surface area (Å²) in [7, 11) is 3.43. The maximum atomic E-state index is 11.3. The molecule has 1 rings (SSSR count). The van der Waals surface area contributed by atoms with E-state index in [0.29, 0.717) is 0 Å². The van der Waals surface area contributed by atoms with E-state index in [9.17, 15) is 4.79 Å². The number of hydrogen-bond acceptors (Lipinski definition) is 2. The molecule has 0 aliphatic heterocycles. The first kappa shape index (κ1) is 11.6. The minimum Gasteiger partial charge on any atom is -0.483 e. The largest absolute Gasteiger partial charge is 0.483 e. The van der Waals surface area contributed by atoms with E-state index in [1.165, 1.54) is 4.90 Å². The van der Waals surface area contributed by atoms with Gasteiger partial charge in [0.05, 0.1) is 0 Å². The van der Waals surface area contributed by atoms with Gasteiger partial charge in [-0.2, -0.15) is 0 Å². The van der Waals surface area contributed by atoms with Gasteiger partial charge in [0.1, 0.15) is 5.75 Å². The average molecular weight is 207 g/mol. The Hall–Kier alpha value is -1.51. The molecule has 0 heterocycles. The Kier molecular flexibility index (Phi) is 3.72.